The maximum Gasteiger partial charge on any atom is 0.260 e. The molecule has 7 heteroatoms. The largest absolute Gasteiger partial charge is 0.338 e. The molecule has 0 aliphatic carbocycles. The van der Waals surface area contributed by atoms with E-state index in [1.807, 2.05) is 18.3 Å². The molecule has 1 saturated heterocycles. The minimum Gasteiger partial charge on any atom is -0.338 e. The minimum absolute atomic E-state index is 0.155. The van der Waals surface area contributed by atoms with E-state index in [4.69, 9.17) is 0 Å². The third-order valence-corrected chi connectivity index (χ3v) is 4.97. The molecule has 1 amide bonds. The number of piperidine rings is 1. The van der Waals surface area contributed by atoms with Crippen LogP contribution in [0.2, 0.25) is 0 Å². The highest BCUT2D eigenvalue weighted by Crippen LogP contribution is 2.27. The lowest BCUT2D eigenvalue weighted by Crippen LogP contribution is -2.41. The predicted molar refractivity (Wildman–Crippen MR) is 101 cm³/mol. The second-order valence-corrected chi connectivity index (χ2v) is 6.77. The van der Waals surface area contributed by atoms with Crippen LogP contribution in [0.15, 0.2) is 60.0 Å². The number of pyridine rings is 2. The molecule has 1 aliphatic heterocycles. The number of H-pyrrole nitrogens is 1. The molecule has 0 saturated carbocycles. The summed E-state index contributed by atoms with van der Waals surface area (Å²) >= 11 is 0. The fourth-order valence-corrected chi connectivity index (χ4v) is 3.63. The molecule has 7 nitrogen and oxygen atoms in total. The lowest BCUT2D eigenvalue weighted by molar-refractivity contribution is 0.0701. The maximum atomic E-state index is 12.8. The molecule has 1 N–H and O–H groups in total. The van der Waals surface area contributed by atoms with Crippen LogP contribution in [0, 0.1) is 0 Å². The van der Waals surface area contributed by atoms with Gasteiger partial charge in [-0.15, -0.1) is 0 Å². The van der Waals surface area contributed by atoms with Gasteiger partial charge in [0.05, 0.1) is 0 Å². The van der Waals surface area contributed by atoms with Gasteiger partial charge in [0.25, 0.3) is 11.5 Å². The average Bonchev–Trinajstić information content (AvgIpc) is 3.17. The fourth-order valence-electron chi connectivity index (χ4n) is 3.63. The van der Waals surface area contributed by atoms with Crippen LogP contribution in [0.1, 0.15) is 40.5 Å². The van der Waals surface area contributed by atoms with E-state index in [1.165, 1.54) is 6.20 Å². The van der Waals surface area contributed by atoms with Crippen molar-refractivity contribution in [1.82, 2.24) is 24.4 Å². The SMILES string of the molecule is O=C(c1ccc[nH]c1=O)N1CCCC(c2nccn2Cc2ccncc2)C1. The number of carbonyl (C=O) groups excluding carboxylic acids is 1. The van der Waals surface area contributed by atoms with Crippen molar-refractivity contribution in [2.24, 2.45) is 0 Å². The van der Waals surface area contributed by atoms with E-state index in [9.17, 15) is 9.59 Å². The Morgan fingerprint density at radius 1 is 1.22 bits per heavy atom. The Labute approximate surface area is 156 Å². The third kappa shape index (κ3) is 3.67. The van der Waals surface area contributed by atoms with Crippen LogP contribution >= 0.6 is 0 Å². The Bertz CT molecular complexity index is 979. The quantitative estimate of drug-likeness (QED) is 0.769. The van der Waals surface area contributed by atoms with Crippen molar-refractivity contribution in [2.75, 3.05) is 13.1 Å². The Balaban J connectivity index is 1.52. The summed E-state index contributed by atoms with van der Waals surface area (Å²) in [5.41, 5.74) is 1.01. The molecule has 138 valence electrons. The molecule has 4 heterocycles. The smallest absolute Gasteiger partial charge is 0.260 e. The zero-order valence-corrected chi connectivity index (χ0v) is 14.9. The molecule has 1 fully saturated rings. The third-order valence-electron chi connectivity index (χ3n) is 4.97. The summed E-state index contributed by atoms with van der Waals surface area (Å²) in [6.45, 7) is 1.95. The van der Waals surface area contributed by atoms with E-state index in [2.05, 4.69) is 19.5 Å². The number of hydrogen-bond donors (Lipinski definition) is 1. The van der Waals surface area contributed by atoms with Crippen molar-refractivity contribution in [1.29, 1.82) is 0 Å². The van der Waals surface area contributed by atoms with Crippen LogP contribution in [0.25, 0.3) is 0 Å². The van der Waals surface area contributed by atoms with Crippen LogP contribution < -0.4 is 5.56 Å². The Hall–Kier alpha value is -3.22. The molecule has 1 aliphatic rings. The van der Waals surface area contributed by atoms with Gasteiger partial charge in [0.1, 0.15) is 11.4 Å². The molecular formula is C20H21N5O2. The summed E-state index contributed by atoms with van der Waals surface area (Å²) in [6, 6.07) is 7.23. The van der Waals surface area contributed by atoms with E-state index in [1.54, 1.807) is 35.6 Å². The Morgan fingerprint density at radius 2 is 2.07 bits per heavy atom. The fraction of sp³-hybridized carbons (Fsp3) is 0.300. The minimum atomic E-state index is -0.344. The van der Waals surface area contributed by atoms with E-state index in [0.717, 1.165) is 30.8 Å². The molecule has 0 bridgehead atoms. The van der Waals surface area contributed by atoms with Crippen molar-refractivity contribution >= 4 is 5.91 Å². The van der Waals surface area contributed by atoms with Crippen molar-refractivity contribution in [2.45, 2.75) is 25.3 Å². The van der Waals surface area contributed by atoms with E-state index in [-0.39, 0.29) is 22.9 Å². The van der Waals surface area contributed by atoms with Crippen molar-refractivity contribution in [3.8, 4) is 0 Å². The summed E-state index contributed by atoms with van der Waals surface area (Å²) in [5.74, 6) is 0.919. The number of nitrogens with zero attached hydrogens (tertiary/aromatic N) is 4. The highest BCUT2D eigenvalue weighted by atomic mass is 16.2. The number of aromatic amines is 1. The van der Waals surface area contributed by atoms with Gasteiger partial charge in [-0.3, -0.25) is 14.6 Å². The summed E-state index contributed by atoms with van der Waals surface area (Å²) in [4.78, 5) is 37.7. The number of carbonyl (C=O) groups is 1. The Kier molecular flexibility index (Phi) is 4.82. The summed E-state index contributed by atoms with van der Waals surface area (Å²) < 4.78 is 2.13. The standard InChI is InChI=1S/C20H21N5O2/c26-19-17(4-1-7-23-19)20(27)25-11-2-3-16(14-25)18-22-10-12-24(18)13-15-5-8-21-9-6-15/h1,4-10,12,16H,2-3,11,13-14H2,(H,23,26). The van der Waals surface area contributed by atoms with Gasteiger partial charge >= 0.3 is 0 Å². The zero-order chi connectivity index (χ0) is 18.6. The molecular weight excluding hydrogens is 342 g/mol. The topological polar surface area (TPSA) is 83.9 Å². The van der Waals surface area contributed by atoms with Gasteiger partial charge in [0, 0.05) is 56.5 Å². The first-order chi connectivity index (χ1) is 13.2. The molecule has 0 aromatic carbocycles. The van der Waals surface area contributed by atoms with Gasteiger partial charge in [-0.05, 0) is 42.7 Å². The molecule has 1 atom stereocenters. The molecule has 3 aromatic rings. The van der Waals surface area contributed by atoms with Gasteiger partial charge in [0.2, 0.25) is 0 Å². The first-order valence-corrected chi connectivity index (χ1v) is 9.09. The molecule has 27 heavy (non-hydrogen) atoms. The highest BCUT2D eigenvalue weighted by molar-refractivity contribution is 5.93. The van der Waals surface area contributed by atoms with Crippen LogP contribution in [0.4, 0.5) is 0 Å². The molecule has 0 spiro atoms. The normalized spacial score (nSPS) is 17.0. The molecule has 0 radical (unpaired) electrons. The zero-order valence-electron chi connectivity index (χ0n) is 14.9. The first kappa shape index (κ1) is 17.2. The number of hydrogen-bond acceptors (Lipinski definition) is 4. The van der Waals surface area contributed by atoms with E-state index >= 15 is 0 Å². The lowest BCUT2D eigenvalue weighted by atomic mass is 9.96. The van der Waals surface area contributed by atoms with E-state index < -0.39 is 0 Å². The molecule has 1 unspecified atom stereocenters. The second kappa shape index (κ2) is 7.57. The summed E-state index contributed by atoms with van der Waals surface area (Å²) in [6.07, 6.45) is 10.7. The summed E-state index contributed by atoms with van der Waals surface area (Å²) in [5, 5.41) is 0. The van der Waals surface area contributed by atoms with Gasteiger partial charge in [-0.1, -0.05) is 0 Å². The first-order valence-electron chi connectivity index (χ1n) is 9.09. The summed E-state index contributed by atoms with van der Waals surface area (Å²) in [7, 11) is 0. The van der Waals surface area contributed by atoms with Gasteiger partial charge in [0.15, 0.2) is 0 Å². The predicted octanol–water partition coefficient (Wildman–Crippen LogP) is 2.03. The van der Waals surface area contributed by atoms with Crippen molar-refractivity contribution in [3.05, 3.63) is 82.6 Å². The number of nitrogens with one attached hydrogen (secondary N) is 1. The maximum absolute atomic E-state index is 12.8. The van der Waals surface area contributed by atoms with Crippen LogP contribution in [-0.2, 0) is 6.54 Å². The van der Waals surface area contributed by atoms with Crippen LogP contribution in [0.5, 0.6) is 0 Å². The van der Waals surface area contributed by atoms with Gasteiger partial charge in [-0.25, -0.2) is 4.98 Å². The molecule has 3 aromatic heterocycles. The average molecular weight is 363 g/mol. The van der Waals surface area contributed by atoms with Crippen LogP contribution in [0.3, 0.4) is 0 Å². The highest BCUT2D eigenvalue weighted by Gasteiger charge is 2.28. The monoisotopic (exact) mass is 363 g/mol. The van der Waals surface area contributed by atoms with Crippen LogP contribution in [-0.4, -0.2) is 43.4 Å². The van der Waals surface area contributed by atoms with Crippen molar-refractivity contribution in [3.63, 3.8) is 0 Å². The molecule has 4 rings (SSSR count). The Morgan fingerprint density at radius 3 is 2.89 bits per heavy atom. The van der Waals surface area contributed by atoms with Gasteiger partial charge in [-0.2, -0.15) is 0 Å². The van der Waals surface area contributed by atoms with Gasteiger partial charge < -0.3 is 14.5 Å². The number of rotatable bonds is 4. The number of imidazole rings is 1. The number of likely N-dealkylation sites (tertiary alicyclic amines) is 1. The second-order valence-electron chi connectivity index (χ2n) is 6.77. The number of amides is 1. The lowest BCUT2D eigenvalue weighted by Gasteiger charge is -2.32. The number of aromatic nitrogens is 4. The van der Waals surface area contributed by atoms with E-state index in [0.29, 0.717) is 13.1 Å². The van der Waals surface area contributed by atoms with Crippen molar-refractivity contribution < 1.29 is 4.79 Å².